The van der Waals surface area contributed by atoms with Crippen molar-refractivity contribution < 1.29 is 14.5 Å². The first-order chi connectivity index (χ1) is 15.4. The number of carbonyl (C=O) groups is 1. The quantitative estimate of drug-likeness (QED) is 0.203. The number of rotatable bonds is 6. The Kier molecular flexibility index (Phi) is 6.23. The zero-order valence-corrected chi connectivity index (χ0v) is 19.2. The Morgan fingerprint density at radius 1 is 1.28 bits per heavy atom. The van der Waals surface area contributed by atoms with Crippen molar-refractivity contribution in [2.45, 2.75) is 46.5 Å². The van der Waals surface area contributed by atoms with Gasteiger partial charge in [-0.3, -0.25) is 10.1 Å². The van der Waals surface area contributed by atoms with E-state index in [0.717, 1.165) is 53.9 Å². The molecule has 0 fully saturated rings. The molecule has 1 aromatic carbocycles. The third-order valence-electron chi connectivity index (χ3n) is 5.72. The van der Waals surface area contributed by atoms with E-state index in [1.807, 2.05) is 37.5 Å². The molecule has 2 heterocycles. The van der Waals surface area contributed by atoms with E-state index in [-0.39, 0.29) is 11.7 Å². The van der Waals surface area contributed by atoms with Gasteiger partial charge in [-0.1, -0.05) is 6.07 Å². The normalized spacial score (nSPS) is 13.3. The molecule has 7 nitrogen and oxygen atoms in total. The molecule has 3 aromatic rings. The number of ether oxygens (including phenoxy) is 1. The van der Waals surface area contributed by atoms with E-state index >= 15 is 0 Å². The summed E-state index contributed by atoms with van der Waals surface area (Å²) in [6.07, 6.45) is 5.84. The molecule has 0 radical (unpaired) electrons. The van der Waals surface area contributed by atoms with Crippen molar-refractivity contribution in [1.29, 1.82) is 0 Å². The van der Waals surface area contributed by atoms with Crippen molar-refractivity contribution in [3.05, 3.63) is 73.4 Å². The van der Waals surface area contributed by atoms with Crippen LogP contribution in [0, 0.1) is 24.0 Å². The second-order valence-corrected chi connectivity index (χ2v) is 8.89. The van der Waals surface area contributed by atoms with Crippen molar-refractivity contribution in [3.8, 4) is 5.69 Å². The maximum Gasteiger partial charge on any atom is 0.341 e. The van der Waals surface area contributed by atoms with Crippen LogP contribution < -0.4 is 0 Å². The molecule has 0 amide bonds. The predicted molar refractivity (Wildman–Crippen MR) is 126 cm³/mol. The molecule has 1 aliphatic rings. The van der Waals surface area contributed by atoms with Crippen LogP contribution >= 0.6 is 11.3 Å². The highest BCUT2D eigenvalue weighted by Gasteiger charge is 2.26. The first kappa shape index (κ1) is 22.0. The Labute approximate surface area is 190 Å². The number of nitro benzene ring substituents is 1. The summed E-state index contributed by atoms with van der Waals surface area (Å²) in [6, 6.07) is 8.57. The maximum atomic E-state index is 12.7. The number of carbonyl (C=O) groups excluding carboxylic acids is 1. The van der Waals surface area contributed by atoms with E-state index in [1.165, 1.54) is 10.9 Å². The molecule has 4 rings (SSSR count). The Hall–Kier alpha value is -3.26. The molecule has 32 heavy (non-hydrogen) atoms. The van der Waals surface area contributed by atoms with Crippen LogP contribution in [-0.2, 0) is 17.6 Å². The van der Waals surface area contributed by atoms with Crippen molar-refractivity contribution in [2.24, 2.45) is 4.99 Å². The highest BCUT2D eigenvalue weighted by molar-refractivity contribution is 7.16. The number of nitro groups is 1. The van der Waals surface area contributed by atoms with Crippen molar-refractivity contribution in [2.75, 3.05) is 6.61 Å². The third-order valence-corrected chi connectivity index (χ3v) is 6.92. The van der Waals surface area contributed by atoms with Gasteiger partial charge >= 0.3 is 5.97 Å². The number of non-ortho nitro benzene ring substituents is 1. The van der Waals surface area contributed by atoms with Gasteiger partial charge in [0.05, 0.1) is 22.8 Å². The van der Waals surface area contributed by atoms with Crippen LogP contribution in [0.5, 0.6) is 0 Å². The Morgan fingerprint density at radius 3 is 2.81 bits per heavy atom. The average Bonchev–Trinajstić information content (AvgIpc) is 3.28. The number of aromatic nitrogens is 1. The lowest BCUT2D eigenvalue weighted by Gasteiger charge is -2.11. The first-order valence-electron chi connectivity index (χ1n) is 10.7. The molecule has 0 bridgehead atoms. The largest absolute Gasteiger partial charge is 0.462 e. The minimum Gasteiger partial charge on any atom is -0.462 e. The third kappa shape index (κ3) is 4.10. The molecular weight excluding hydrogens is 426 g/mol. The fraction of sp³-hybridized carbons (Fsp3) is 0.333. The smallest absolute Gasteiger partial charge is 0.341 e. The lowest BCUT2D eigenvalue weighted by atomic mass is 9.95. The number of benzene rings is 1. The summed E-state index contributed by atoms with van der Waals surface area (Å²) < 4.78 is 7.29. The first-order valence-corrected chi connectivity index (χ1v) is 11.5. The number of nitrogens with zero attached hydrogens (tertiary/aromatic N) is 3. The summed E-state index contributed by atoms with van der Waals surface area (Å²) in [5.74, 6) is -0.305. The predicted octanol–water partition coefficient (Wildman–Crippen LogP) is 5.87. The molecule has 0 aliphatic heterocycles. The van der Waals surface area contributed by atoms with Gasteiger partial charge in [0.1, 0.15) is 5.00 Å². The molecule has 0 saturated heterocycles. The van der Waals surface area contributed by atoms with Gasteiger partial charge in [0.15, 0.2) is 0 Å². The molecule has 0 unspecified atom stereocenters. The highest BCUT2D eigenvalue weighted by atomic mass is 32.1. The molecule has 0 N–H and O–H groups in total. The van der Waals surface area contributed by atoms with Gasteiger partial charge in [-0.25, -0.2) is 9.79 Å². The summed E-state index contributed by atoms with van der Waals surface area (Å²) >= 11 is 1.57. The number of fused-ring (bicyclic) bond motifs is 1. The topological polar surface area (TPSA) is 86.7 Å². The number of thiophene rings is 1. The number of hydrogen-bond donors (Lipinski definition) is 0. The molecule has 0 atom stereocenters. The van der Waals surface area contributed by atoms with Crippen LogP contribution in [0.2, 0.25) is 0 Å². The van der Waals surface area contributed by atoms with Crippen LogP contribution in [-0.4, -0.2) is 28.3 Å². The van der Waals surface area contributed by atoms with Gasteiger partial charge in [-0.15, -0.1) is 11.3 Å². The van der Waals surface area contributed by atoms with Crippen LogP contribution in [0.25, 0.3) is 5.69 Å². The number of aliphatic imine (C=N–C) groups is 1. The fourth-order valence-corrected chi connectivity index (χ4v) is 5.47. The van der Waals surface area contributed by atoms with E-state index in [9.17, 15) is 14.9 Å². The van der Waals surface area contributed by atoms with E-state index in [1.54, 1.807) is 29.7 Å². The lowest BCUT2D eigenvalue weighted by molar-refractivity contribution is -0.384. The molecule has 1 aliphatic carbocycles. The maximum absolute atomic E-state index is 12.7. The number of aryl methyl sites for hydroxylation is 2. The van der Waals surface area contributed by atoms with Gasteiger partial charge in [-0.2, -0.15) is 0 Å². The Morgan fingerprint density at radius 2 is 2.06 bits per heavy atom. The second-order valence-electron chi connectivity index (χ2n) is 7.81. The molecule has 0 saturated carbocycles. The summed E-state index contributed by atoms with van der Waals surface area (Å²) in [6.45, 7) is 6.05. The van der Waals surface area contributed by atoms with Crippen LogP contribution in [0.3, 0.4) is 0 Å². The highest BCUT2D eigenvalue weighted by Crippen LogP contribution is 2.40. The number of hydrogen-bond acceptors (Lipinski definition) is 6. The van der Waals surface area contributed by atoms with E-state index in [4.69, 9.17) is 9.73 Å². The van der Waals surface area contributed by atoms with Gasteiger partial charge < -0.3 is 9.30 Å². The zero-order chi connectivity index (χ0) is 22.8. The van der Waals surface area contributed by atoms with E-state index in [0.29, 0.717) is 17.2 Å². The van der Waals surface area contributed by atoms with E-state index in [2.05, 4.69) is 0 Å². The average molecular weight is 452 g/mol. The van der Waals surface area contributed by atoms with Gasteiger partial charge in [0.25, 0.3) is 5.69 Å². The monoisotopic (exact) mass is 451 g/mol. The van der Waals surface area contributed by atoms with Crippen molar-refractivity contribution in [1.82, 2.24) is 4.57 Å². The van der Waals surface area contributed by atoms with E-state index < -0.39 is 4.92 Å². The summed E-state index contributed by atoms with van der Waals surface area (Å²) in [4.78, 5) is 29.4. The van der Waals surface area contributed by atoms with Crippen LogP contribution in [0.4, 0.5) is 10.7 Å². The SMILES string of the molecule is CCOC(=O)c1c(N=Cc2cc(C)n(-c3cccc([N+](=O)[O-])c3)c2C)sc2c1CCCC2. The van der Waals surface area contributed by atoms with Gasteiger partial charge in [0, 0.05) is 40.2 Å². The van der Waals surface area contributed by atoms with Gasteiger partial charge in [0.2, 0.25) is 0 Å². The second kappa shape index (κ2) is 9.08. The summed E-state index contributed by atoms with van der Waals surface area (Å²) in [5.41, 5.74) is 5.24. The Balaban J connectivity index is 1.72. The van der Waals surface area contributed by atoms with Crippen molar-refractivity contribution >= 4 is 34.2 Å². The standard InChI is InChI=1S/C24H25N3O4S/c1-4-31-24(28)22-20-10-5-6-11-21(20)32-23(22)25-14-17-12-15(2)26(16(17)3)18-8-7-9-19(13-18)27(29)30/h7-9,12-14H,4-6,10-11H2,1-3H3. The molecule has 0 spiro atoms. The van der Waals surface area contributed by atoms with Crippen LogP contribution in [0.1, 0.15) is 57.5 Å². The minimum absolute atomic E-state index is 0.0495. The molecule has 2 aromatic heterocycles. The summed E-state index contributed by atoms with van der Waals surface area (Å²) in [7, 11) is 0. The molecular formula is C24H25N3O4S. The van der Waals surface area contributed by atoms with Crippen molar-refractivity contribution in [3.63, 3.8) is 0 Å². The minimum atomic E-state index is -0.393. The summed E-state index contributed by atoms with van der Waals surface area (Å²) in [5, 5.41) is 11.9. The zero-order valence-electron chi connectivity index (χ0n) is 18.4. The molecule has 166 valence electrons. The molecule has 8 heteroatoms. The number of esters is 1. The fourth-order valence-electron chi connectivity index (χ4n) is 4.25. The Bertz CT molecular complexity index is 1220. The lowest BCUT2D eigenvalue weighted by Crippen LogP contribution is -2.09. The van der Waals surface area contributed by atoms with Crippen LogP contribution in [0.15, 0.2) is 35.3 Å². The van der Waals surface area contributed by atoms with Gasteiger partial charge in [-0.05, 0) is 64.2 Å².